The second-order valence-electron chi connectivity index (χ2n) is 4.84. The van der Waals surface area contributed by atoms with Crippen molar-refractivity contribution in [2.24, 2.45) is 10.7 Å². The van der Waals surface area contributed by atoms with Crippen molar-refractivity contribution in [3.63, 3.8) is 0 Å². The van der Waals surface area contributed by atoms with Crippen molar-refractivity contribution in [3.8, 4) is 0 Å². The lowest BCUT2D eigenvalue weighted by Gasteiger charge is -2.05. The van der Waals surface area contributed by atoms with Gasteiger partial charge < -0.3 is 16.0 Å². The first-order valence-electron chi connectivity index (χ1n) is 6.50. The average Bonchev–Trinajstić information content (AvgIpc) is 2.79. The van der Waals surface area contributed by atoms with Crippen LogP contribution in [0.1, 0.15) is 12.5 Å². The molecule has 0 unspecified atom stereocenters. The molecule has 0 aliphatic rings. The molecule has 2 rings (SSSR count). The summed E-state index contributed by atoms with van der Waals surface area (Å²) < 4.78 is 0. The Morgan fingerprint density at radius 2 is 2.24 bits per heavy atom. The van der Waals surface area contributed by atoms with E-state index in [0.717, 1.165) is 34.5 Å². The molecule has 21 heavy (non-hydrogen) atoms. The Kier molecular flexibility index (Phi) is 7.04. The van der Waals surface area contributed by atoms with Gasteiger partial charge in [0.2, 0.25) is 0 Å². The normalized spacial score (nSPS) is 11.2. The zero-order valence-corrected chi connectivity index (χ0v) is 15.0. The van der Waals surface area contributed by atoms with E-state index in [9.17, 15) is 0 Å². The van der Waals surface area contributed by atoms with Gasteiger partial charge in [0.15, 0.2) is 5.96 Å². The smallest absolute Gasteiger partial charge is 0.188 e. The summed E-state index contributed by atoms with van der Waals surface area (Å²) in [6.07, 6.45) is 2.85. The van der Waals surface area contributed by atoms with Gasteiger partial charge in [-0.05, 0) is 37.1 Å². The lowest BCUT2D eigenvalue weighted by Crippen LogP contribution is -2.33. The van der Waals surface area contributed by atoms with Crippen LogP contribution < -0.4 is 11.1 Å². The first kappa shape index (κ1) is 17.8. The fourth-order valence-electron chi connectivity index (χ4n) is 1.96. The maximum absolute atomic E-state index is 6.03. The van der Waals surface area contributed by atoms with Crippen LogP contribution in [0.25, 0.3) is 10.9 Å². The Morgan fingerprint density at radius 1 is 1.48 bits per heavy atom. The monoisotopic (exact) mass is 418 g/mol. The number of guanidine groups is 1. The van der Waals surface area contributed by atoms with E-state index in [-0.39, 0.29) is 24.0 Å². The van der Waals surface area contributed by atoms with Gasteiger partial charge in [0.1, 0.15) is 0 Å². The molecule has 0 spiro atoms. The fourth-order valence-corrected chi connectivity index (χ4v) is 2.13. The highest BCUT2D eigenvalue weighted by Crippen LogP contribution is 2.22. The number of aromatic amines is 1. The van der Waals surface area contributed by atoms with E-state index in [4.69, 9.17) is 17.3 Å². The minimum atomic E-state index is 0. The minimum Gasteiger partial charge on any atom is -0.370 e. The van der Waals surface area contributed by atoms with Gasteiger partial charge in [-0.15, -0.1) is 24.0 Å². The standard InChI is InChI=1S/C15H19ClN4.HI/c1-10(2)8-20-15(17)18-6-5-11-9-19-14-4-3-12(16)7-13(11)14;/h3-4,7,9,19H,1,5-6,8H2,2H3,(H3,17,18,20);1H. The first-order valence-corrected chi connectivity index (χ1v) is 6.88. The van der Waals surface area contributed by atoms with Crippen molar-refractivity contribution in [2.45, 2.75) is 13.3 Å². The highest BCUT2D eigenvalue weighted by Gasteiger charge is 2.04. The number of nitrogens with one attached hydrogen (secondary N) is 2. The minimum absolute atomic E-state index is 0. The zero-order valence-electron chi connectivity index (χ0n) is 11.9. The number of benzene rings is 1. The maximum atomic E-state index is 6.03. The van der Waals surface area contributed by atoms with E-state index >= 15 is 0 Å². The molecule has 0 aliphatic heterocycles. The van der Waals surface area contributed by atoms with Gasteiger partial charge in [0.05, 0.1) is 6.54 Å². The molecule has 0 saturated carbocycles. The molecule has 0 aliphatic carbocycles. The van der Waals surface area contributed by atoms with E-state index in [1.165, 1.54) is 5.56 Å². The third-order valence-electron chi connectivity index (χ3n) is 2.95. The zero-order chi connectivity index (χ0) is 14.5. The molecule has 0 atom stereocenters. The second-order valence-corrected chi connectivity index (χ2v) is 5.28. The summed E-state index contributed by atoms with van der Waals surface area (Å²) in [4.78, 5) is 7.41. The van der Waals surface area contributed by atoms with Gasteiger partial charge in [0.25, 0.3) is 0 Å². The lowest BCUT2D eigenvalue weighted by molar-refractivity contribution is 0.856. The molecular weight excluding hydrogens is 399 g/mol. The highest BCUT2D eigenvalue weighted by atomic mass is 127. The number of hydrogen-bond donors (Lipinski definition) is 3. The van der Waals surface area contributed by atoms with Crippen LogP contribution in [-0.4, -0.2) is 24.0 Å². The molecule has 4 N–H and O–H groups in total. The molecule has 4 nitrogen and oxygen atoms in total. The number of rotatable bonds is 5. The summed E-state index contributed by atoms with van der Waals surface area (Å²) in [6.45, 7) is 6.99. The average molecular weight is 419 g/mol. The number of H-pyrrole nitrogens is 1. The Bertz CT molecular complexity index is 648. The van der Waals surface area contributed by atoms with Crippen molar-refractivity contribution in [3.05, 3.63) is 47.1 Å². The van der Waals surface area contributed by atoms with Crippen LogP contribution in [0.15, 0.2) is 41.5 Å². The molecule has 0 fully saturated rings. The number of fused-ring (bicyclic) bond motifs is 1. The molecule has 0 amide bonds. The van der Waals surface area contributed by atoms with E-state index in [0.29, 0.717) is 12.5 Å². The fraction of sp³-hybridized carbons (Fsp3) is 0.267. The summed E-state index contributed by atoms with van der Waals surface area (Å²) in [7, 11) is 0. The van der Waals surface area contributed by atoms with Crippen LogP contribution in [0.2, 0.25) is 5.02 Å². The van der Waals surface area contributed by atoms with Crippen molar-refractivity contribution >= 4 is 52.4 Å². The molecule has 114 valence electrons. The van der Waals surface area contributed by atoms with Crippen molar-refractivity contribution in [1.82, 2.24) is 10.3 Å². The van der Waals surface area contributed by atoms with Gasteiger partial charge in [-0.1, -0.05) is 23.8 Å². The van der Waals surface area contributed by atoms with Gasteiger partial charge >= 0.3 is 0 Å². The predicted octanol–water partition coefficient (Wildman–Crippen LogP) is 3.46. The first-order chi connectivity index (χ1) is 9.56. The molecule has 1 heterocycles. The van der Waals surface area contributed by atoms with Crippen molar-refractivity contribution in [2.75, 3.05) is 13.1 Å². The predicted molar refractivity (Wildman–Crippen MR) is 102 cm³/mol. The van der Waals surface area contributed by atoms with Gasteiger partial charge in [-0.2, -0.15) is 0 Å². The van der Waals surface area contributed by atoms with Gasteiger partial charge in [-0.25, -0.2) is 4.99 Å². The molecule has 2 aromatic rings. The number of nitrogens with zero attached hydrogens (tertiary/aromatic N) is 1. The van der Waals surface area contributed by atoms with E-state index in [2.05, 4.69) is 21.9 Å². The molecule has 1 aromatic carbocycles. The summed E-state index contributed by atoms with van der Waals surface area (Å²) in [5.41, 5.74) is 9.06. The highest BCUT2D eigenvalue weighted by molar-refractivity contribution is 14.0. The van der Waals surface area contributed by atoms with E-state index < -0.39 is 0 Å². The topological polar surface area (TPSA) is 66.2 Å². The molecule has 0 radical (unpaired) electrons. The van der Waals surface area contributed by atoms with Crippen LogP contribution in [-0.2, 0) is 6.42 Å². The number of halogens is 2. The van der Waals surface area contributed by atoms with Gasteiger partial charge in [-0.3, -0.25) is 0 Å². The summed E-state index contributed by atoms with van der Waals surface area (Å²) >= 11 is 6.03. The SMILES string of the molecule is C=C(C)CN=C(N)NCCc1c[nH]c2ccc(Cl)cc12.I. The second kappa shape index (κ2) is 8.29. The third-order valence-corrected chi connectivity index (χ3v) is 3.18. The summed E-state index contributed by atoms with van der Waals surface area (Å²) in [5.74, 6) is 0.450. The van der Waals surface area contributed by atoms with E-state index in [1.807, 2.05) is 31.3 Å². The third kappa shape index (κ3) is 5.24. The molecule has 0 saturated heterocycles. The number of aromatic nitrogens is 1. The summed E-state index contributed by atoms with van der Waals surface area (Å²) in [5, 5.41) is 4.99. The Morgan fingerprint density at radius 3 is 2.95 bits per heavy atom. The Hall–Kier alpha value is -1.21. The maximum Gasteiger partial charge on any atom is 0.188 e. The largest absolute Gasteiger partial charge is 0.370 e. The van der Waals surface area contributed by atoms with Crippen LogP contribution in [0.3, 0.4) is 0 Å². The van der Waals surface area contributed by atoms with E-state index in [1.54, 1.807) is 0 Å². The van der Waals surface area contributed by atoms with Crippen LogP contribution >= 0.6 is 35.6 Å². The number of hydrogen-bond acceptors (Lipinski definition) is 1. The molecule has 6 heteroatoms. The number of aliphatic imine (C=N–C) groups is 1. The molecular formula is C15H20ClIN4. The number of nitrogens with two attached hydrogens (primary N) is 1. The Labute approximate surface area is 146 Å². The van der Waals surface area contributed by atoms with Gasteiger partial charge in [0, 0.05) is 28.7 Å². The van der Waals surface area contributed by atoms with Crippen LogP contribution in [0.5, 0.6) is 0 Å². The van der Waals surface area contributed by atoms with Crippen molar-refractivity contribution in [1.29, 1.82) is 0 Å². The lowest BCUT2D eigenvalue weighted by atomic mass is 10.1. The van der Waals surface area contributed by atoms with Crippen LogP contribution in [0.4, 0.5) is 0 Å². The van der Waals surface area contributed by atoms with Crippen molar-refractivity contribution < 1.29 is 0 Å². The molecule has 0 bridgehead atoms. The quantitative estimate of drug-likeness (QED) is 0.301. The van der Waals surface area contributed by atoms with Crippen LogP contribution in [0, 0.1) is 0 Å². The Balaban J connectivity index is 0.00000220. The summed E-state index contributed by atoms with van der Waals surface area (Å²) in [6, 6.07) is 5.84. The molecule has 1 aromatic heterocycles.